The van der Waals surface area contributed by atoms with Crippen LogP contribution in [0.2, 0.25) is 0 Å². The fourth-order valence-electron chi connectivity index (χ4n) is 3.73. The van der Waals surface area contributed by atoms with Gasteiger partial charge in [0.1, 0.15) is 11.4 Å². The molecule has 0 fully saturated rings. The van der Waals surface area contributed by atoms with Gasteiger partial charge in [-0.3, -0.25) is 19.7 Å². The summed E-state index contributed by atoms with van der Waals surface area (Å²) in [6.07, 6.45) is 4.46. The Morgan fingerprint density at radius 3 is 2.81 bits per heavy atom. The van der Waals surface area contributed by atoms with Gasteiger partial charge in [0.2, 0.25) is 0 Å². The van der Waals surface area contributed by atoms with Crippen molar-refractivity contribution in [3.63, 3.8) is 0 Å². The van der Waals surface area contributed by atoms with Crippen LogP contribution in [-0.2, 0) is 6.42 Å². The highest BCUT2D eigenvalue weighted by Gasteiger charge is 2.35. The zero-order chi connectivity index (χ0) is 19.2. The largest absolute Gasteiger partial charge is 0.354 e. The molecular weight excluding hydrogens is 342 g/mol. The molecule has 1 aliphatic rings. The van der Waals surface area contributed by atoms with Crippen LogP contribution >= 0.6 is 0 Å². The summed E-state index contributed by atoms with van der Waals surface area (Å²) in [5.74, 6) is -0.211. The van der Waals surface area contributed by atoms with Crippen LogP contribution in [0.5, 0.6) is 0 Å². The van der Waals surface area contributed by atoms with E-state index in [9.17, 15) is 9.59 Å². The average molecular weight is 363 g/mol. The number of carbonyl (C=O) groups excluding carboxylic acids is 2. The summed E-state index contributed by atoms with van der Waals surface area (Å²) in [5, 5.41) is 9.76. The molecule has 0 aliphatic heterocycles. The summed E-state index contributed by atoms with van der Waals surface area (Å²) >= 11 is 0. The number of hydrogen-bond donors (Lipinski definition) is 3. The van der Waals surface area contributed by atoms with Gasteiger partial charge in [-0.2, -0.15) is 5.10 Å². The summed E-state index contributed by atoms with van der Waals surface area (Å²) < 4.78 is 0. The van der Waals surface area contributed by atoms with Crippen molar-refractivity contribution in [3.8, 4) is 11.4 Å². The van der Waals surface area contributed by atoms with Gasteiger partial charge in [0, 0.05) is 23.9 Å². The van der Waals surface area contributed by atoms with Crippen LogP contribution in [0.15, 0.2) is 30.6 Å². The van der Waals surface area contributed by atoms with E-state index in [-0.39, 0.29) is 17.1 Å². The third kappa shape index (κ3) is 3.05. The van der Waals surface area contributed by atoms with Gasteiger partial charge in [-0.25, -0.2) is 0 Å². The van der Waals surface area contributed by atoms with Crippen LogP contribution in [0, 0.1) is 12.3 Å². The number of ketones is 1. The predicted molar refractivity (Wildman–Crippen MR) is 102 cm³/mol. The number of fused-ring (bicyclic) bond motifs is 1. The molecule has 138 valence electrons. The number of nitrogens with zero attached hydrogens (tertiary/aromatic N) is 2. The Labute approximate surface area is 156 Å². The van der Waals surface area contributed by atoms with E-state index in [1.807, 2.05) is 25.1 Å². The fraction of sp³-hybridized carbons (Fsp3) is 0.300. The van der Waals surface area contributed by atoms with E-state index in [2.05, 4.69) is 39.3 Å². The van der Waals surface area contributed by atoms with Crippen molar-refractivity contribution in [2.24, 2.45) is 5.41 Å². The third-order valence-corrected chi connectivity index (χ3v) is 4.94. The summed E-state index contributed by atoms with van der Waals surface area (Å²) in [6, 6.07) is 5.53. The van der Waals surface area contributed by atoms with Gasteiger partial charge in [-0.05, 0) is 36.5 Å². The van der Waals surface area contributed by atoms with Crippen LogP contribution in [0.4, 0.5) is 5.69 Å². The molecular formula is C20H21N5O2. The normalized spacial score (nSPS) is 15.4. The Hall–Kier alpha value is -3.22. The van der Waals surface area contributed by atoms with E-state index < -0.39 is 0 Å². The first kappa shape index (κ1) is 17.2. The first-order valence-corrected chi connectivity index (χ1v) is 8.86. The van der Waals surface area contributed by atoms with Crippen molar-refractivity contribution in [2.75, 3.05) is 5.32 Å². The molecule has 0 bridgehead atoms. The van der Waals surface area contributed by atoms with Crippen molar-refractivity contribution in [1.29, 1.82) is 0 Å². The van der Waals surface area contributed by atoms with E-state index in [1.165, 1.54) is 0 Å². The third-order valence-electron chi connectivity index (χ3n) is 4.94. The number of rotatable bonds is 3. The van der Waals surface area contributed by atoms with Crippen molar-refractivity contribution in [3.05, 3.63) is 53.1 Å². The molecule has 3 aromatic rings. The first-order valence-electron chi connectivity index (χ1n) is 8.86. The van der Waals surface area contributed by atoms with Gasteiger partial charge in [-0.1, -0.05) is 19.9 Å². The monoisotopic (exact) mass is 363 g/mol. The lowest BCUT2D eigenvalue weighted by Crippen LogP contribution is -2.26. The SMILES string of the molecule is Cc1c(C(=O)Nc2cn[nH]c2-c2ccccn2)[nH]c2c1C(=O)CC(C)(C)C2. The molecule has 0 saturated heterocycles. The number of carbonyl (C=O) groups is 2. The van der Waals surface area contributed by atoms with Gasteiger partial charge in [-0.15, -0.1) is 0 Å². The number of nitrogens with one attached hydrogen (secondary N) is 3. The van der Waals surface area contributed by atoms with Crippen LogP contribution in [-0.4, -0.2) is 31.9 Å². The van der Waals surface area contributed by atoms with Gasteiger partial charge in [0.05, 0.1) is 17.6 Å². The summed E-state index contributed by atoms with van der Waals surface area (Å²) in [5.41, 5.74) is 4.38. The molecule has 3 aromatic heterocycles. The molecule has 0 unspecified atom stereocenters. The lowest BCUT2D eigenvalue weighted by Gasteiger charge is -2.28. The number of aromatic nitrogens is 4. The molecule has 4 rings (SSSR count). The summed E-state index contributed by atoms with van der Waals surface area (Å²) in [4.78, 5) is 32.9. The van der Waals surface area contributed by atoms with E-state index in [0.29, 0.717) is 40.3 Å². The highest BCUT2D eigenvalue weighted by molar-refractivity contribution is 6.09. The maximum Gasteiger partial charge on any atom is 0.272 e. The maximum atomic E-state index is 12.9. The zero-order valence-corrected chi connectivity index (χ0v) is 15.5. The van der Waals surface area contributed by atoms with E-state index in [4.69, 9.17) is 0 Å². The minimum atomic E-state index is -0.300. The highest BCUT2D eigenvalue weighted by atomic mass is 16.2. The van der Waals surface area contributed by atoms with E-state index in [1.54, 1.807) is 12.4 Å². The summed E-state index contributed by atoms with van der Waals surface area (Å²) in [6.45, 7) is 5.94. The predicted octanol–water partition coefficient (Wildman–Crippen LogP) is 3.52. The molecule has 7 heteroatoms. The minimum absolute atomic E-state index is 0.0894. The molecule has 0 aromatic carbocycles. The van der Waals surface area contributed by atoms with Crippen LogP contribution in [0.3, 0.4) is 0 Å². The Morgan fingerprint density at radius 1 is 1.26 bits per heavy atom. The van der Waals surface area contributed by atoms with Crippen molar-refractivity contribution < 1.29 is 9.59 Å². The number of pyridine rings is 1. The smallest absolute Gasteiger partial charge is 0.272 e. The van der Waals surface area contributed by atoms with Crippen molar-refractivity contribution >= 4 is 17.4 Å². The molecule has 3 N–H and O–H groups in total. The molecule has 0 radical (unpaired) electrons. The number of anilines is 1. The minimum Gasteiger partial charge on any atom is -0.354 e. The molecule has 27 heavy (non-hydrogen) atoms. The second kappa shape index (κ2) is 6.19. The molecule has 3 heterocycles. The Morgan fingerprint density at radius 2 is 2.07 bits per heavy atom. The first-order chi connectivity index (χ1) is 12.9. The van der Waals surface area contributed by atoms with Crippen LogP contribution in [0.1, 0.15) is 52.4 Å². The fourth-order valence-corrected chi connectivity index (χ4v) is 3.73. The lowest BCUT2D eigenvalue weighted by atomic mass is 9.75. The number of hydrogen-bond acceptors (Lipinski definition) is 4. The quantitative estimate of drug-likeness (QED) is 0.662. The Balaban J connectivity index is 1.65. The molecule has 1 amide bonds. The number of amides is 1. The molecule has 0 spiro atoms. The highest BCUT2D eigenvalue weighted by Crippen LogP contribution is 2.37. The maximum absolute atomic E-state index is 12.9. The van der Waals surface area contributed by atoms with E-state index in [0.717, 1.165) is 12.1 Å². The zero-order valence-electron chi connectivity index (χ0n) is 15.5. The van der Waals surface area contributed by atoms with Crippen molar-refractivity contribution in [2.45, 2.75) is 33.6 Å². The lowest BCUT2D eigenvalue weighted by molar-refractivity contribution is 0.0910. The second-order valence-electron chi connectivity index (χ2n) is 7.75. The van der Waals surface area contributed by atoms with Gasteiger partial charge in [0.15, 0.2) is 5.78 Å². The summed E-state index contributed by atoms with van der Waals surface area (Å²) in [7, 11) is 0. The van der Waals surface area contributed by atoms with Crippen molar-refractivity contribution in [1.82, 2.24) is 20.2 Å². The Bertz CT molecular complexity index is 1030. The second-order valence-corrected chi connectivity index (χ2v) is 7.75. The van der Waals surface area contributed by atoms with Gasteiger partial charge >= 0.3 is 0 Å². The standard InChI is InChI=1S/C20H21N5O2/c1-11-16-13(8-20(2,3)9-15(16)26)23-17(11)19(27)24-14-10-22-25-18(14)12-6-4-5-7-21-12/h4-7,10,23H,8-9H2,1-3H3,(H,22,25)(H,24,27). The van der Waals surface area contributed by atoms with E-state index >= 15 is 0 Å². The Kier molecular flexibility index (Phi) is 3.95. The topological polar surface area (TPSA) is 104 Å². The molecule has 0 atom stereocenters. The molecule has 7 nitrogen and oxygen atoms in total. The molecule has 1 aliphatic carbocycles. The number of aromatic amines is 2. The van der Waals surface area contributed by atoms with Crippen LogP contribution in [0.25, 0.3) is 11.4 Å². The average Bonchev–Trinajstić information content (AvgIpc) is 3.19. The number of H-pyrrole nitrogens is 2. The van der Waals surface area contributed by atoms with Gasteiger partial charge < -0.3 is 10.3 Å². The van der Waals surface area contributed by atoms with Gasteiger partial charge in [0.25, 0.3) is 5.91 Å². The van der Waals surface area contributed by atoms with Crippen LogP contribution < -0.4 is 5.32 Å². The molecule has 0 saturated carbocycles. The number of Topliss-reactive ketones (excluding diaryl/α,β-unsaturated/α-hetero) is 1.